The average molecular weight is 256 g/mol. The molecule has 1 N–H and O–H groups in total. The number of thiazole rings is 1. The van der Waals surface area contributed by atoms with Gasteiger partial charge in [0, 0.05) is 7.11 Å². The maximum Gasteiger partial charge on any atom is 0.254 e. The van der Waals surface area contributed by atoms with Crippen molar-refractivity contribution in [1.29, 1.82) is 0 Å². The van der Waals surface area contributed by atoms with Crippen LogP contribution in [0.2, 0.25) is 0 Å². The van der Waals surface area contributed by atoms with Crippen LogP contribution in [-0.2, 0) is 16.0 Å². The third-order valence-electron chi connectivity index (χ3n) is 2.89. The highest BCUT2D eigenvalue weighted by Crippen LogP contribution is 2.22. The van der Waals surface area contributed by atoms with Gasteiger partial charge in [-0.1, -0.05) is 27.2 Å². The first-order valence-electron chi connectivity index (χ1n) is 5.90. The van der Waals surface area contributed by atoms with Crippen molar-refractivity contribution in [1.82, 2.24) is 4.98 Å². The molecular formula is C12H20N2O2S. The zero-order valence-corrected chi connectivity index (χ0v) is 11.6. The van der Waals surface area contributed by atoms with Crippen LogP contribution in [0.3, 0.4) is 0 Å². The highest BCUT2D eigenvalue weighted by Gasteiger charge is 2.24. The monoisotopic (exact) mass is 256 g/mol. The van der Waals surface area contributed by atoms with E-state index < -0.39 is 6.10 Å². The molecule has 0 saturated heterocycles. The summed E-state index contributed by atoms with van der Waals surface area (Å²) < 4.78 is 5.26. The molecule has 96 valence electrons. The Balaban J connectivity index is 2.70. The molecule has 0 spiro atoms. The fourth-order valence-electron chi connectivity index (χ4n) is 1.62. The Hall–Kier alpha value is -0.940. The lowest BCUT2D eigenvalue weighted by Crippen LogP contribution is -2.34. The Bertz CT molecular complexity index is 365. The molecule has 0 aliphatic carbocycles. The van der Waals surface area contributed by atoms with Crippen LogP contribution in [0.4, 0.5) is 5.00 Å². The Morgan fingerprint density at radius 1 is 1.59 bits per heavy atom. The van der Waals surface area contributed by atoms with E-state index in [0.29, 0.717) is 0 Å². The van der Waals surface area contributed by atoms with Crippen LogP contribution in [0.5, 0.6) is 0 Å². The van der Waals surface area contributed by atoms with Crippen LogP contribution in [-0.4, -0.2) is 24.1 Å². The lowest BCUT2D eigenvalue weighted by molar-refractivity contribution is -0.128. The Morgan fingerprint density at radius 2 is 2.29 bits per heavy atom. The van der Waals surface area contributed by atoms with Gasteiger partial charge in [-0.15, -0.1) is 11.3 Å². The molecule has 0 saturated carbocycles. The molecule has 0 fully saturated rings. The molecule has 2 unspecified atom stereocenters. The fraction of sp³-hybridized carbons (Fsp3) is 0.667. The lowest BCUT2D eigenvalue weighted by atomic mass is 10.0. The minimum absolute atomic E-state index is 0.0826. The molecule has 0 aromatic carbocycles. The van der Waals surface area contributed by atoms with Crippen LogP contribution in [0.25, 0.3) is 0 Å². The summed E-state index contributed by atoms with van der Waals surface area (Å²) in [5.74, 6) is 0.124. The normalized spacial score (nSPS) is 14.4. The summed E-state index contributed by atoms with van der Waals surface area (Å²) in [5, 5.41) is 3.74. The Labute approximate surface area is 106 Å². The summed E-state index contributed by atoms with van der Waals surface area (Å²) >= 11 is 1.45. The molecule has 1 heterocycles. The van der Waals surface area contributed by atoms with E-state index in [2.05, 4.69) is 10.3 Å². The summed E-state index contributed by atoms with van der Waals surface area (Å²) in [7, 11) is 1.57. The van der Waals surface area contributed by atoms with Gasteiger partial charge in [0.05, 0.1) is 11.2 Å². The molecule has 17 heavy (non-hydrogen) atoms. The second kappa shape index (κ2) is 6.71. The van der Waals surface area contributed by atoms with Crippen molar-refractivity contribution in [2.75, 3.05) is 12.4 Å². The third-order valence-corrected chi connectivity index (χ3v) is 3.67. The molecule has 0 bridgehead atoms. The number of carbonyl (C=O) groups excluding carboxylic acids is 1. The predicted octanol–water partition coefficient (Wildman–Crippen LogP) is 2.71. The number of rotatable bonds is 6. The van der Waals surface area contributed by atoms with Crippen LogP contribution in [0, 0.1) is 5.92 Å². The number of hydrogen-bond acceptors (Lipinski definition) is 4. The van der Waals surface area contributed by atoms with Gasteiger partial charge in [-0.2, -0.15) is 0 Å². The molecule has 4 nitrogen and oxygen atoms in total. The molecule has 0 aliphatic heterocycles. The zero-order valence-electron chi connectivity index (χ0n) is 10.8. The van der Waals surface area contributed by atoms with E-state index in [1.165, 1.54) is 11.3 Å². The summed E-state index contributed by atoms with van der Waals surface area (Å²) in [4.78, 5) is 16.3. The molecule has 1 aromatic rings. The van der Waals surface area contributed by atoms with Crippen molar-refractivity contribution in [3.8, 4) is 0 Å². The molecule has 0 aliphatic rings. The fourth-order valence-corrected chi connectivity index (χ4v) is 2.40. The first kappa shape index (κ1) is 14.1. The van der Waals surface area contributed by atoms with Crippen molar-refractivity contribution < 1.29 is 9.53 Å². The van der Waals surface area contributed by atoms with Gasteiger partial charge in [0.15, 0.2) is 0 Å². The number of methoxy groups -OCH3 is 1. The van der Waals surface area contributed by atoms with E-state index >= 15 is 0 Å². The number of ether oxygens (including phenoxy) is 1. The predicted molar refractivity (Wildman–Crippen MR) is 70.4 cm³/mol. The molecule has 1 amide bonds. The van der Waals surface area contributed by atoms with Gasteiger partial charge in [-0.25, -0.2) is 4.98 Å². The molecule has 0 radical (unpaired) electrons. The average Bonchev–Trinajstić information content (AvgIpc) is 2.76. The number of aryl methyl sites for hydroxylation is 1. The zero-order chi connectivity index (χ0) is 12.8. The number of nitrogens with zero attached hydrogens (tertiary/aromatic N) is 1. The molecule has 5 heteroatoms. The van der Waals surface area contributed by atoms with Gasteiger partial charge in [-0.05, 0) is 12.3 Å². The largest absolute Gasteiger partial charge is 0.371 e. The summed E-state index contributed by atoms with van der Waals surface area (Å²) in [6.45, 7) is 6.09. The second-order valence-corrected chi connectivity index (χ2v) is 4.87. The van der Waals surface area contributed by atoms with Crippen molar-refractivity contribution in [2.45, 2.75) is 39.7 Å². The minimum atomic E-state index is -0.396. The quantitative estimate of drug-likeness (QED) is 0.851. The number of aromatic nitrogens is 1. The van der Waals surface area contributed by atoms with Crippen molar-refractivity contribution >= 4 is 22.2 Å². The summed E-state index contributed by atoms with van der Waals surface area (Å²) in [6, 6.07) is 0. The molecular weight excluding hydrogens is 236 g/mol. The summed E-state index contributed by atoms with van der Waals surface area (Å²) in [5.41, 5.74) is 2.68. The van der Waals surface area contributed by atoms with Gasteiger partial charge in [0.1, 0.15) is 11.1 Å². The van der Waals surface area contributed by atoms with Crippen LogP contribution in [0.1, 0.15) is 32.9 Å². The van der Waals surface area contributed by atoms with E-state index in [-0.39, 0.29) is 11.8 Å². The van der Waals surface area contributed by atoms with Gasteiger partial charge in [0.25, 0.3) is 5.91 Å². The second-order valence-electron chi connectivity index (χ2n) is 4.01. The number of anilines is 1. The van der Waals surface area contributed by atoms with E-state index in [1.54, 1.807) is 12.6 Å². The highest BCUT2D eigenvalue weighted by molar-refractivity contribution is 7.14. The topological polar surface area (TPSA) is 51.2 Å². The maximum absolute atomic E-state index is 12.1. The number of nitrogens with one attached hydrogen (secondary N) is 1. The molecule has 1 rings (SSSR count). The number of amides is 1. The van der Waals surface area contributed by atoms with Crippen LogP contribution in [0.15, 0.2) is 5.51 Å². The van der Waals surface area contributed by atoms with Crippen LogP contribution < -0.4 is 5.32 Å². The van der Waals surface area contributed by atoms with E-state index in [1.807, 2.05) is 20.8 Å². The SMILES string of the molecule is CCc1ncsc1NC(=O)C(OC)C(C)CC. The molecule has 2 atom stereocenters. The Kier molecular flexibility index (Phi) is 5.58. The smallest absolute Gasteiger partial charge is 0.254 e. The lowest BCUT2D eigenvalue weighted by Gasteiger charge is -2.20. The van der Waals surface area contributed by atoms with Gasteiger partial charge >= 0.3 is 0 Å². The molecule has 1 aromatic heterocycles. The minimum Gasteiger partial charge on any atom is -0.371 e. The van der Waals surface area contributed by atoms with Crippen molar-refractivity contribution in [3.63, 3.8) is 0 Å². The number of hydrogen-bond donors (Lipinski definition) is 1. The maximum atomic E-state index is 12.1. The van der Waals surface area contributed by atoms with Gasteiger partial charge in [0.2, 0.25) is 0 Å². The van der Waals surface area contributed by atoms with Gasteiger partial charge in [-0.3, -0.25) is 4.79 Å². The van der Waals surface area contributed by atoms with E-state index in [0.717, 1.165) is 23.5 Å². The van der Waals surface area contributed by atoms with Crippen molar-refractivity contribution in [3.05, 3.63) is 11.2 Å². The first-order valence-corrected chi connectivity index (χ1v) is 6.77. The number of carbonyl (C=O) groups is 1. The Morgan fingerprint density at radius 3 is 2.82 bits per heavy atom. The van der Waals surface area contributed by atoms with E-state index in [9.17, 15) is 4.79 Å². The highest BCUT2D eigenvalue weighted by atomic mass is 32.1. The van der Waals surface area contributed by atoms with E-state index in [4.69, 9.17) is 4.74 Å². The van der Waals surface area contributed by atoms with Gasteiger partial charge < -0.3 is 10.1 Å². The van der Waals surface area contributed by atoms with Crippen LogP contribution >= 0.6 is 11.3 Å². The standard InChI is InChI=1S/C12H20N2O2S/c1-5-8(3)10(16-4)11(15)14-12-9(6-2)13-7-17-12/h7-8,10H,5-6H2,1-4H3,(H,14,15). The van der Waals surface area contributed by atoms with Crippen molar-refractivity contribution in [2.24, 2.45) is 5.92 Å². The third kappa shape index (κ3) is 3.51. The first-order chi connectivity index (χ1) is 8.13. The summed E-state index contributed by atoms with van der Waals surface area (Å²) in [6.07, 6.45) is 1.34.